The number of esters is 3. The van der Waals surface area contributed by atoms with E-state index in [2.05, 4.69) is 21.4 Å². The summed E-state index contributed by atoms with van der Waals surface area (Å²) in [5, 5.41) is 14.8. The number of methoxy groups -OCH3 is 2. The van der Waals surface area contributed by atoms with Crippen molar-refractivity contribution < 1.29 is 75.7 Å². The summed E-state index contributed by atoms with van der Waals surface area (Å²) in [6, 6.07) is 27.0. The Balaban J connectivity index is 1.46. The average Bonchev–Trinajstić information content (AvgIpc) is 3.35. The topological polar surface area (TPSA) is 238 Å². The van der Waals surface area contributed by atoms with E-state index >= 15 is 0 Å². The number of alkyl carbamates (subject to hydrolysis) is 1. The molecule has 1 aliphatic rings. The molecule has 394 valence electrons. The average molecular weight is 1030 g/mol. The van der Waals surface area contributed by atoms with Crippen LogP contribution in [0.25, 0.3) is 0 Å². The molecule has 2 amide bonds. The first-order valence-electron chi connectivity index (χ1n) is 23.7. The predicted molar refractivity (Wildman–Crippen MR) is 262 cm³/mol. The molecule has 6 unspecified atom stereocenters. The van der Waals surface area contributed by atoms with Gasteiger partial charge in [0.15, 0.2) is 12.4 Å². The standard InChI is InChI=1S/C51H69N4O16P/c1-34(2)55(35(3)4)72(67-28-13-25-52)71-44(31-66-51(39-15-11-10-12-16-39,40-17-21-42(61-8)22-18-40)41-19-23-43(62-9)24-20-41)30-65-50(60)54-27-14-26-53-47(59)33-64-48-29-45(68-37(6)57)49(69-38(7)58)46(70-48)32-63-36(5)56/h10-12,15-24,34-35,44-46,48-49H,13-14,26-33H2,1-9H3,(H,53,59)(H,54,60). The Morgan fingerprint density at radius 2 is 1.36 bits per heavy atom. The smallest absolute Gasteiger partial charge is 0.407 e. The lowest BCUT2D eigenvalue weighted by Crippen LogP contribution is -2.54. The molecule has 1 fully saturated rings. The maximum absolute atomic E-state index is 13.3. The fourth-order valence-electron chi connectivity index (χ4n) is 7.77. The van der Waals surface area contributed by atoms with Crippen molar-refractivity contribution in [3.05, 3.63) is 95.6 Å². The molecule has 2 N–H and O–H groups in total. The highest BCUT2D eigenvalue weighted by molar-refractivity contribution is 7.44. The van der Waals surface area contributed by atoms with E-state index in [1.165, 1.54) is 20.8 Å². The number of hydrogen-bond donors (Lipinski definition) is 2. The lowest BCUT2D eigenvalue weighted by molar-refractivity contribution is -0.264. The number of rotatable bonds is 29. The summed E-state index contributed by atoms with van der Waals surface area (Å²) in [6.07, 6.45) is -5.50. The summed E-state index contributed by atoms with van der Waals surface area (Å²) >= 11 is 0. The van der Waals surface area contributed by atoms with Crippen LogP contribution in [-0.4, -0.2) is 138 Å². The molecule has 3 aromatic carbocycles. The van der Waals surface area contributed by atoms with Crippen molar-refractivity contribution in [2.45, 2.75) is 116 Å². The minimum atomic E-state index is -1.81. The Hall–Kier alpha value is -5.91. The van der Waals surface area contributed by atoms with Gasteiger partial charge in [0.2, 0.25) is 5.91 Å². The zero-order chi connectivity index (χ0) is 52.6. The first-order chi connectivity index (χ1) is 34.5. The second-order valence-electron chi connectivity index (χ2n) is 17.0. The zero-order valence-corrected chi connectivity index (χ0v) is 43.4. The number of hydrogen-bond acceptors (Lipinski definition) is 18. The molecule has 1 saturated heterocycles. The minimum absolute atomic E-state index is 0.0223. The number of carbonyl (C=O) groups is 5. The lowest BCUT2D eigenvalue weighted by atomic mass is 9.80. The largest absolute Gasteiger partial charge is 0.497 e. The number of nitriles is 1. The van der Waals surface area contributed by atoms with Gasteiger partial charge in [0, 0.05) is 52.4 Å². The van der Waals surface area contributed by atoms with Crippen LogP contribution < -0.4 is 20.1 Å². The van der Waals surface area contributed by atoms with E-state index in [-0.39, 0.29) is 64.4 Å². The zero-order valence-electron chi connectivity index (χ0n) is 42.5. The molecule has 0 saturated carbocycles. The van der Waals surface area contributed by atoms with E-state index in [9.17, 15) is 29.2 Å². The number of amides is 2. The molecule has 3 aromatic rings. The van der Waals surface area contributed by atoms with Crippen molar-refractivity contribution in [1.29, 1.82) is 5.26 Å². The molecule has 1 aliphatic heterocycles. The van der Waals surface area contributed by atoms with Crippen LogP contribution in [0, 0.1) is 11.3 Å². The van der Waals surface area contributed by atoms with Gasteiger partial charge < -0.3 is 62.3 Å². The third-order valence-electron chi connectivity index (χ3n) is 10.9. The molecule has 0 aliphatic carbocycles. The summed E-state index contributed by atoms with van der Waals surface area (Å²) in [7, 11) is 1.38. The lowest BCUT2D eigenvalue weighted by Gasteiger charge is -2.39. The van der Waals surface area contributed by atoms with Crippen molar-refractivity contribution in [1.82, 2.24) is 15.3 Å². The molecule has 0 aromatic heterocycles. The van der Waals surface area contributed by atoms with Crippen LogP contribution in [-0.2, 0) is 67.0 Å². The predicted octanol–water partition coefficient (Wildman–Crippen LogP) is 6.46. The molecule has 0 radical (unpaired) electrons. The second kappa shape index (κ2) is 30.2. The van der Waals surface area contributed by atoms with Gasteiger partial charge in [0.05, 0.1) is 39.9 Å². The summed E-state index contributed by atoms with van der Waals surface area (Å²) in [6.45, 7) is 10.9. The molecular weight excluding hydrogens is 956 g/mol. The highest BCUT2D eigenvalue weighted by Gasteiger charge is 2.45. The molecule has 1 heterocycles. The first-order valence-corrected chi connectivity index (χ1v) is 24.8. The Morgan fingerprint density at radius 1 is 0.778 bits per heavy atom. The fraction of sp³-hybridized carbons (Fsp3) is 0.529. The van der Waals surface area contributed by atoms with Crippen LogP contribution in [0.15, 0.2) is 78.9 Å². The van der Waals surface area contributed by atoms with Crippen molar-refractivity contribution in [2.75, 3.05) is 60.3 Å². The third-order valence-corrected chi connectivity index (χ3v) is 13.0. The first kappa shape index (κ1) is 58.7. The normalized spacial score (nSPS) is 17.5. The van der Waals surface area contributed by atoms with E-state index in [0.717, 1.165) is 16.7 Å². The maximum Gasteiger partial charge on any atom is 0.407 e. The Bertz CT molecular complexity index is 2140. The van der Waals surface area contributed by atoms with Gasteiger partial charge in [-0.15, -0.1) is 0 Å². The molecular formula is C51H69N4O16P. The van der Waals surface area contributed by atoms with Crippen molar-refractivity contribution in [2.24, 2.45) is 0 Å². The highest BCUT2D eigenvalue weighted by atomic mass is 31.2. The van der Waals surface area contributed by atoms with Crippen LogP contribution >= 0.6 is 8.53 Å². The van der Waals surface area contributed by atoms with E-state index in [4.69, 9.17) is 51.7 Å². The van der Waals surface area contributed by atoms with Gasteiger partial charge in [-0.25, -0.2) is 9.46 Å². The summed E-state index contributed by atoms with van der Waals surface area (Å²) in [4.78, 5) is 61.4. The van der Waals surface area contributed by atoms with Crippen molar-refractivity contribution in [3.63, 3.8) is 0 Å². The van der Waals surface area contributed by atoms with Crippen LogP contribution in [0.3, 0.4) is 0 Å². The van der Waals surface area contributed by atoms with Gasteiger partial charge in [0.25, 0.3) is 8.53 Å². The van der Waals surface area contributed by atoms with E-state index in [1.807, 2.05) is 107 Å². The summed E-state index contributed by atoms with van der Waals surface area (Å²) in [5.74, 6) is -1.13. The highest BCUT2D eigenvalue weighted by Crippen LogP contribution is 2.48. The van der Waals surface area contributed by atoms with Crippen molar-refractivity contribution >= 4 is 38.4 Å². The monoisotopic (exact) mass is 1020 g/mol. The van der Waals surface area contributed by atoms with Crippen LogP contribution in [0.1, 0.15) is 84.4 Å². The Labute approximate surface area is 423 Å². The van der Waals surface area contributed by atoms with E-state index in [0.29, 0.717) is 17.9 Å². The van der Waals surface area contributed by atoms with Crippen LogP contribution in [0.5, 0.6) is 11.5 Å². The Kier molecular flexibility index (Phi) is 24.6. The van der Waals surface area contributed by atoms with Crippen molar-refractivity contribution in [3.8, 4) is 17.6 Å². The van der Waals surface area contributed by atoms with Gasteiger partial charge in [0.1, 0.15) is 55.2 Å². The maximum atomic E-state index is 13.3. The quantitative estimate of drug-likeness (QED) is 0.0249. The Morgan fingerprint density at radius 3 is 1.90 bits per heavy atom. The number of benzene rings is 3. The number of ether oxygens (including phenoxy) is 9. The van der Waals surface area contributed by atoms with E-state index < -0.39 is 81.3 Å². The molecule has 20 nitrogen and oxygen atoms in total. The molecule has 6 atom stereocenters. The van der Waals surface area contributed by atoms with Gasteiger partial charge in [-0.1, -0.05) is 54.6 Å². The van der Waals surface area contributed by atoms with Gasteiger partial charge >= 0.3 is 24.0 Å². The van der Waals surface area contributed by atoms with Gasteiger partial charge in [-0.05, 0) is 75.1 Å². The minimum Gasteiger partial charge on any atom is -0.497 e. The second-order valence-corrected chi connectivity index (χ2v) is 18.4. The van der Waals surface area contributed by atoms with Gasteiger partial charge in [-0.2, -0.15) is 5.26 Å². The number of carbonyl (C=O) groups excluding carboxylic acids is 5. The molecule has 0 spiro atoms. The third kappa shape index (κ3) is 18.3. The van der Waals surface area contributed by atoms with Crippen LogP contribution in [0.4, 0.5) is 4.79 Å². The summed E-state index contributed by atoms with van der Waals surface area (Å²) < 4.78 is 66.4. The molecule has 21 heteroatoms. The van der Waals surface area contributed by atoms with E-state index in [1.54, 1.807) is 14.2 Å². The fourth-order valence-corrected chi connectivity index (χ4v) is 9.45. The van der Waals surface area contributed by atoms with Crippen LogP contribution in [0.2, 0.25) is 0 Å². The molecule has 4 rings (SSSR count). The van der Waals surface area contributed by atoms with Gasteiger partial charge in [-0.3, -0.25) is 19.2 Å². The molecule has 72 heavy (non-hydrogen) atoms. The summed E-state index contributed by atoms with van der Waals surface area (Å²) in [5.41, 5.74) is 1.15. The SMILES string of the molecule is COc1ccc(C(OCC(COC(=O)NCCCNC(=O)COC2CC(OC(C)=O)C(OC(C)=O)C(COC(C)=O)O2)OP(OCCC#N)N(C(C)C)C(C)C)(c2ccccc2)c2ccc(OC)cc2)cc1. The number of nitrogens with zero attached hydrogens (tertiary/aromatic N) is 2. The number of nitrogens with one attached hydrogen (secondary N) is 2. The molecule has 0 bridgehead atoms.